The summed E-state index contributed by atoms with van der Waals surface area (Å²) in [5, 5.41) is 2.81. The van der Waals surface area contributed by atoms with Crippen LogP contribution in [0, 0.1) is 0 Å². The van der Waals surface area contributed by atoms with Crippen molar-refractivity contribution in [2.24, 2.45) is 0 Å². The zero-order valence-corrected chi connectivity index (χ0v) is 21.9. The molecule has 0 heterocycles. The fourth-order valence-corrected chi connectivity index (χ4v) is 3.73. The Morgan fingerprint density at radius 3 is 1.49 bits per heavy atom. The molecule has 39 heavy (non-hydrogen) atoms. The van der Waals surface area contributed by atoms with Crippen LogP contribution in [0.3, 0.4) is 0 Å². The first kappa shape index (κ1) is 28.6. The predicted octanol–water partition coefficient (Wildman–Crippen LogP) is 4.59. The Hall–Kier alpha value is -4.99. The second-order valence-electron chi connectivity index (χ2n) is 8.38. The van der Waals surface area contributed by atoms with Crippen LogP contribution in [0.5, 0.6) is 17.2 Å². The van der Waals surface area contributed by atoms with Gasteiger partial charge in [-0.25, -0.2) is 0 Å². The van der Waals surface area contributed by atoms with Crippen molar-refractivity contribution in [1.29, 1.82) is 0 Å². The van der Waals surface area contributed by atoms with E-state index in [1.165, 1.54) is 62.1 Å². The maximum atomic E-state index is 13.7. The molecule has 0 saturated carbocycles. The lowest BCUT2D eigenvalue weighted by atomic mass is 10.0. The molecule has 0 saturated heterocycles. The first-order valence-corrected chi connectivity index (χ1v) is 12.1. The van der Waals surface area contributed by atoms with Gasteiger partial charge in [0.05, 0.1) is 0 Å². The van der Waals surface area contributed by atoms with Gasteiger partial charge in [-0.05, 0) is 66.2 Å². The third-order valence-corrected chi connectivity index (χ3v) is 5.30. The predicted molar refractivity (Wildman–Crippen MR) is 142 cm³/mol. The van der Waals surface area contributed by atoms with Gasteiger partial charge in [-0.1, -0.05) is 19.1 Å². The number of ether oxygens (including phenoxy) is 3. The van der Waals surface area contributed by atoms with Crippen LogP contribution in [0.1, 0.15) is 45.7 Å². The Kier molecular flexibility index (Phi) is 9.53. The lowest BCUT2D eigenvalue weighted by molar-refractivity contribution is -0.132. The average Bonchev–Trinajstić information content (AvgIpc) is 2.88. The van der Waals surface area contributed by atoms with E-state index in [0.717, 1.165) is 0 Å². The zero-order valence-electron chi connectivity index (χ0n) is 21.9. The van der Waals surface area contributed by atoms with Gasteiger partial charge in [0.2, 0.25) is 5.91 Å². The van der Waals surface area contributed by atoms with E-state index < -0.39 is 29.9 Å². The van der Waals surface area contributed by atoms with Crippen molar-refractivity contribution in [2.75, 3.05) is 10.2 Å². The molecule has 0 aromatic heterocycles. The van der Waals surface area contributed by atoms with Gasteiger partial charge in [-0.15, -0.1) is 0 Å². The summed E-state index contributed by atoms with van der Waals surface area (Å²) in [7, 11) is 0. The van der Waals surface area contributed by atoms with Crippen molar-refractivity contribution in [2.45, 2.75) is 40.2 Å². The Balaban J connectivity index is 2.02. The topological polar surface area (TPSA) is 128 Å². The highest BCUT2D eigenvalue weighted by molar-refractivity contribution is 6.05. The van der Waals surface area contributed by atoms with Gasteiger partial charge < -0.3 is 19.5 Å². The van der Waals surface area contributed by atoms with E-state index in [9.17, 15) is 24.0 Å². The van der Waals surface area contributed by atoms with E-state index in [4.69, 9.17) is 14.2 Å². The SMILES string of the molecule is CCC(=O)N(c1ccc(OC(C)=O)cc1)[C@H](C(=O)Nc1ccc(OC(C)=O)cc1)c1ccc(OC(C)=O)cc1. The molecule has 10 nitrogen and oxygen atoms in total. The van der Waals surface area contributed by atoms with E-state index in [-0.39, 0.29) is 23.8 Å². The number of amides is 2. The Morgan fingerprint density at radius 2 is 1.08 bits per heavy atom. The van der Waals surface area contributed by atoms with E-state index in [2.05, 4.69) is 5.32 Å². The highest BCUT2D eigenvalue weighted by atomic mass is 16.5. The Morgan fingerprint density at radius 1 is 0.667 bits per heavy atom. The molecule has 3 aromatic rings. The molecular weight excluding hydrogens is 504 g/mol. The van der Waals surface area contributed by atoms with Gasteiger partial charge in [-0.2, -0.15) is 0 Å². The number of nitrogens with one attached hydrogen (secondary N) is 1. The van der Waals surface area contributed by atoms with Gasteiger partial charge in [0.15, 0.2) is 0 Å². The molecule has 0 aliphatic rings. The molecule has 2 amide bonds. The second-order valence-corrected chi connectivity index (χ2v) is 8.38. The molecule has 3 aromatic carbocycles. The number of anilines is 2. The number of carbonyl (C=O) groups excluding carboxylic acids is 5. The summed E-state index contributed by atoms with van der Waals surface area (Å²) in [4.78, 5) is 62.2. The summed E-state index contributed by atoms with van der Waals surface area (Å²) in [5.41, 5.74) is 1.25. The minimum absolute atomic E-state index is 0.0953. The molecule has 0 spiro atoms. The van der Waals surface area contributed by atoms with Crippen LogP contribution in [0.2, 0.25) is 0 Å². The maximum absolute atomic E-state index is 13.7. The number of hydrogen-bond donors (Lipinski definition) is 1. The largest absolute Gasteiger partial charge is 0.427 e. The standard InChI is InChI=1S/C29H28N2O8/c1-5-27(35)31(23-10-16-26(17-11-23)39-20(4)34)28(21-6-12-24(13-7-21)37-18(2)32)29(36)30-22-8-14-25(15-9-22)38-19(3)33/h6-17,28H,5H2,1-4H3,(H,30,36)/t28-/m0/s1. The van der Waals surface area contributed by atoms with Crippen molar-refractivity contribution in [3.8, 4) is 17.2 Å². The van der Waals surface area contributed by atoms with Crippen LogP contribution >= 0.6 is 0 Å². The molecule has 0 unspecified atom stereocenters. The summed E-state index contributed by atoms with van der Waals surface area (Å²) in [6.07, 6.45) is 0.0953. The molecular formula is C29H28N2O8. The lowest BCUT2D eigenvalue weighted by Gasteiger charge is -2.31. The number of carbonyl (C=O) groups is 5. The third kappa shape index (κ3) is 8.00. The molecule has 0 aliphatic heterocycles. The van der Waals surface area contributed by atoms with Crippen LogP contribution < -0.4 is 24.4 Å². The molecule has 202 valence electrons. The van der Waals surface area contributed by atoms with Gasteiger partial charge in [0.1, 0.15) is 23.3 Å². The summed E-state index contributed by atoms with van der Waals surface area (Å²) in [5.74, 6) is -1.45. The van der Waals surface area contributed by atoms with Gasteiger partial charge in [0.25, 0.3) is 5.91 Å². The molecule has 0 aliphatic carbocycles. The summed E-state index contributed by atoms with van der Waals surface area (Å²) < 4.78 is 15.2. The maximum Gasteiger partial charge on any atom is 0.308 e. The van der Waals surface area contributed by atoms with Crippen molar-refractivity contribution in [3.05, 3.63) is 78.4 Å². The van der Waals surface area contributed by atoms with Gasteiger partial charge >= 0.3 is 17.9 Å². The number of esters is 3. The average molecular weight is 533 g/mol. The first-order valence-electron chi connectivity index (χ1n) is 12.1. The molecule has 3 rings (SSSR count). The minimum Gasteiger partial charge on any atom is -0.427 e. The van der Waals surface area contributed by atoms with Crippen LogP contribution in [-0.4, -0.2) is 29.7 Å². The highest BCUT2D eigenvalue weighted by Crippen LogP contribution is 2.32. The molecule has 0 radical (unpaired) electrons. The van der Waals surface area contributed by atoms with Crippen molar-refractivity contribution in [3.63, 3.8) is 0 Å². The fourth-order valence-electron chi connectivity index (χ4n) is 3.73. The summed E-state index contributed by atoms with van der Waals surface area (Å²) in [6, 6.07) is 17.5. The van der Waals surface area contributed by atoms with Crippen LogP contribution in [0.25, 0.3) is 0 Å². The normalized spacial score (nSPS) is 11.1. The molecule has 0 fully saturated rings. The Bertz CT molecular complexity index is 1350. The quantitative estimate of drug-likeness (QED) is 0.313. The van der Waals surface area contributed by atoms with Gasteiger partial charge in [0, 0.05) is 38.6 Å². The molecule has 1 N–H and O–H groups in total. The van der Waals surface area contributed by atoms with E-state index >= 15 is 0 Å². The van der Waals surface area contributed by atoms with Gasteiger partial charge in [-0.3, -0.25) is 28.9 Å². The molecule has 0 bridgehead atoms. The number of benzene rings is 3. The van der Waals surface area contributed by atoms with Crippen molar-refractivity contribution < 1.29 is 38.2 Å². The molecule has 10 heteroatoms. The second kappa shape index (κ2) is 13.0. The Labute approximate surface area is 225 Å². The van der Waals surface area contributed by atoms with E-state index in [1.807, 2.05) is 0 Å². The number of hydrogen-bond acceptors (Lipinski definition) is 8. The lowest BCUT2D eigenvalue weighted by Crippen LogP contribution is -2.41. The summed E-state index contributed by atoms with van der Waals surface area (Å²) in [6.45, 7) is 5.51. The van der Waals surface area contributed by atoms with Crippen molar-refractivity contribution in [1.82, 2.24) is 0 Å². The third-order valence-electron chi connectivity index (χ3n) is 5.30. The number of rotatable bonds is 9. The minimum atomic E-state index is -1.13. The van der Waals surface area contributed by atoms with E-state index in [1.54, 1.807) is 43.3 Å². The van der Waals surface area contributed by atoms with Crippen LogP contribution in [0.15, 0.2) is 72.8 Å². The number of nitrogens with zero attached hydrogens (tertiary/aromatic N) is 1. The van der Waals surface area contributed by atoms with E-state index in [0.29, 0.717) is 22.7 Å². The highest BCUT2D eigenvalue weighted by Gasteiger charge is 2.32. The fraction of sp³-hybridized carbons (Fsp3) is 0.207. The van der Waals surface area contributed by atoms with Crippen molar-refractivity contribution >= 4 is 41.1 Å². The molecule has 1 atom stereocenters. The van der Waals surface area contributed by atoms with Crippen LogP contribution in [-0.2, 0) is 24.0 Å². The smallest absolute Gasteiger partial charge is 0.308 e. The first-order chi connectivity index (χ1) is 18.6. The monoisotopic (exact) mass is 532 g/mol. The summed E-state index contributed by atoms with van der Waals surface area (Å²) >= 11 is 0. The zero-order chi connectivity index (χ0) is 28.5. The van der Waals surface area contributed by atoms with Crippen LogP contribution in [0.4, 0.5) is 11.4 Å².